The second-order valence-corrected chi connectivity index (χ2v) is 8.48. The van der Waals surface area contributed by atoms with Crippen molar-refractivity contribution in [1.82, 2.24) is 0 Å². The van der Waals surface area contributed by atoms with Crippen molar-refractivity contribution >= 4 is 8.80 Å². The van der Waals surface area contributed by atoms with E-state index in [1.54, 1.807) is 0 Å². The average Bonchev–Trinajstić information content (AvgIpc) is 2.36. The maximum absolute atomic E-state index is 5.99. The monoisotopic (exact) mass is 212 g/mol. The normalized spacial score (nSPS) is 40.2. The Morgan fingerprint density at radius 2 is 2.00 bits per heavy atom. The Labute approximate surface area is 87.9 Å². The van der Waals surface area contributed by atoms with Crippen LogP contribution in [0.4, 0.5) is 0 Å². The van der Waals surface area contributed by atoms with E-state index in [9.17, 15) is 0 Å². The van der Waals surface area contributed by atoms with Gasteiger partial charge in [-0.3, -0.25) is 0 Å². The Morgan fingerprint density at radius 3 is 2.64 bits per heavy atom. The molecular formula is C11H20O2Si. The van der Waals surface area contributed by atoms with Crippen molar-refractivity contribution in [2.24, 2.45) is 0 Å². The van der Waals surface area contributed by atoms with Crippen LogP contribution < -0.4 is 0 Å². The average molecular weight is 212 g/mol. The van der Waals surface area contributed by atoms with Crippen molar-refractivity contribution in [3.8, 4) is 0 Å². The highest BCUT2D eigenvalue weighted by Crippen LogP contribution is 2.40. The van der Waals surface area contributed by atoms with Crippen LogP contribution in [0.2, 0.25) is 18.6 Å². The molecule has 1 aliphatic carbocycles. The summed E-state index contributed by atoms with van der Waals surface area (Å²) >= 11 is 0. The molecule has 0 radical (unpaired) electrons. The van der Waals surface area contributed by atoms with Crippen LogP contribution in [0.1, 0.15) is 20.3 Å². The predicted octanol–water partition coefficient (Wildman–Crippen LogP) is 2.32. The molecule has 3 heteroatoms. The molecule has 14 heavy (non-hydrogen) atoms. The standard InChI is InChI=1S/C11H20O2Si/c1-11(2)12-8-6-5-7-9(14(3)4)10(8)13-11/h5-6,8-10,14H,7H2,1-4H3/t8-,9?,10-/m0/s1. The minimum atomic E-state index is -0.640. The zero-order valence-corrected chi connectivity index (χ0v) is 10.6. The molecule has 0 N–H and O–H groups in total. The van der Waals surface area contributed by atoms with Gasteiger partial charge in [0.15, 0.2) is 5.79 Å². The Hall–Kier alpha value is -0.123. The Bertz CT molecular complexity index is 248. The number of hydrogen-bond donors (Lipinski definition) is 0. The van der Waals surface area contributed by atoms with Crippen LogP contribution in [0.25, 0.3) is 0 Å². The molecule has 0 spiro atoms. The van der Waals surface area contributed by atoms with Gasteiger partial charge >= 0.3 is 0 Å². The summed E-state index contributed by atoms with van der Waals surface area (Å²) in [5, 5.41) is 0. The van der Waals surface area contributed by atoms with Crippen molar-refractivity contribution in [1.29, 1.82) is 0 Å². The fraction of sp³-hybridized carbons (Fsp3) is 0.818. The van der Waals surface area contributed by atoms with Gasteiger partial charge in [-0.2, -0.15) is 0 Å². The SMILES string of the molecule is C[SiH](C)C1CC=C[C@@H]2OC(C)(C)O[C@H]12. The lowest BCUT2D eigenvalue weighted by molar-refractivity contribution is -0.142. The van der Waals surface area contributed by atoms with E-state index in [4.69, 9.17) is 9.47 Å². The van der Waals surface area contributed by atoms with Gasteiger partial charge < -0.3 is 9.47 Å². The van der Waals surface area contributed by atoms with Crippen molar-refractivity contribution < 1.29 is 9.47 Å². The summed E-state index contributed by atoms with van der Waals surface area (Å²) in [4.78, 5) is 0. The fourth-order valence-electron chi connectivity index (χ4n) is 2.45. The van der Waals surface area contributed by atoms with Crippen molar-refractivity contribution in [2.45, 2.75) is 56.9 Å². The van der Waals surface area contributed by atoms with Gasteiger partial charge in [-0.1, -0.05) is 25.2 Å². The van der Waals surface area contributed by atoms with Gasteiger partial charge in [-0.15, -0.1) is 0 Å². The van der Waals surface area contributed by atoms with Gasteiger partial charge in [0.05, 0.1) is 6.10 Å². The highest BCUT2D eigenvalue weighted by atomic mass is 28.3. The lowest BCUT2D eigenvalue weighted by Gasteiger charge is -2.30. The molecule has 0 aromatic carbocycles. The third-order valence-electron chi connectivity index (χ3n) is 3.18. The number of allylic oxidation sites excluding steroid dienone is 1. The first-order valence-electron chi connectivity index (χ1n) is 5.52. The van der Waals surface area contributed by atoms with E-state index >= 15 is 0 Å². The summed E-state index contributed by atoms with van der Waals surface area (Å²) in [7, 11) is -0.640. The highest BCUT2D eigenvalue weighted by Gasteiger charge is 2.45. The molecule has 3 atom stereocenters. The summed E-state index contributed by atoms with van der Waals surface area (Å²) in [5.74, 6) is -0.383. The molecule has 2 rings (SSSR count). The number of rotatable bonds is 1. The largest absolute Gasteiger partial charge is 0.344 e. The molecule has 1 fully saturated rings. The van der Waals surface area contributed by atoms with Gasteiger partial charge in [-0.05, 0) is 25.8 Å². The van der Waals surface area contributed by atoms with E-state index in [0.29, 0.717) is 6.10 Å². The van der Waals surface area contributed by atoms with Crippen molar-refractivity contribution in [2.75, 3.05) is 0 Å². The Morgan fingerprint density at radius 1 is 1.29 bits per heavy atom. The molecule has 1 heterocycles. The van der Waals surface area contributed by atoms with Crippen LogP contribution in [0.5, 0.6) is 0 Å². The summed E-state index contributed by atoms with van der Waals surface area (Å²) in [5.41, 5.74) is 0.742. The van der Waals surface area contributed by atoms with Gasteiger partial charge in [-0.25, -0.2) is 0 Å². The van der Waals surface area contributed by atoms with E-state index < -0.39 is 8.80 Å². The highest BCUT2D eigenvalue weighted by molar-refractivity contribution is 6.57. The predicted molar refractivity (Wildman–Crippen MR) is 60.2 cm³/mol. The van der Waals surface area contributed by atoms with Crippen LogP contribution in [0.3, 0.4) is 0 Å². The smallest absolute Gasteiger partial charge is 0.164 e. The number of hydrogen-bond acceptors (Lipinski definition) is 2. The lowest BCUT2D eigenvalue weighted by Crippen LogP contribution is -2.35. The van der Waals surface area contributed by atoms with Crippen molar-refractivity contribution in [3.05, 3.63) is 12.2 Å². The van der Waals surface area contributed by atoms with Crippen molar-refractivity contribution in [3.63, 3.8) is 0 Å². The summed E-state index contributed by atoms with van der Waals surface area (Å²) in [6.45, 7) is 8.82. The van der Waals surface area contributed by atoms with Gasteiger partial charge in [0, 0.05) is 8.80 Å². The number of ether oxygens (including phenoxy) is 2. The zero-order valence-electron chi connectivity index (χ0n) is 9.49. The van der Waals surface area contributed by atoms with Crippen LogP contribution in [-0.2, 0) is 9.47 Å². The van der Waals surface area contributed by atoms with Crippen LogP contribution in [0.15, 0.2) is 12.2 Å². The third kappa shape index (κ3) is 1.81. The molecule has 80 valence electrons. The fourth-order valence-corrected chi connectivity index (χ4v) is 4.21. The maximum atomic E-state index is 5.99. The Kier molecular flexibility index (Phi) is 2.58. The minimum absolute atomic E-state index is 0.207. The zero-order chi connectivity index (χ0) is 10.3. The molecule has 2 aliphatic rings. The topological polar surface area (TPSA) is 18.5 Å². The molecule has 1 unspecified atom stereocenters. The molecule has 0 aromatic rings. The van der Waals surface area contributed by atoms with Crippen LogP contribution in [-0.4, -0.2) is 26.8 Å². The molecular weight excluding hydrogens is 192 g/mol. The van der Waals surface area contributed by atoms with E-state index in [1.807, 2.05) is 13.8 Å². The first kappa shape index (κ1) is 10.4. The first-order valence-corrected chi connectivity index (χ1v) is 8.49. The third-order valence-corrected chi connectivity index (χ3v) is 5.54. The van der Waals surface area contributed by atoms with E-state index in [1.165, 1.54) is 6.42 Å². The lowest BCUT2D eigenvalue weighted by atomic mass is 10.0. The van der Waals surface area contributed by atoms with Gasteiger partial charge in [0.25, 0.3) is 0 Å². The first-order chi connectivity index (χ1) is 6.49. The minimum Gasteiger partial charge on any atom is -0.344 e. The molecule has 0 aromatic heterocycles. The maximum Gasteiger partial charge on any atom is 0.164 e. The van der Waals surface area contributed by atoms with Crippen LogP contribution in [0, 0.1) is 0 Å². The molecule has 1 aliphatic heterocycles. The second-order valence-electron chi connectivity index (χ2n) is 5.14. The molecule has 2 nitrogen and oxygen atoms in total. The molecule has 0 bridgehead atoms. The van der Waals surface area contributed by atoms with E-state index in [2.05, 4.69) is 25.2 Å². The van der Waals surface area contributed by atoms with Crippen LogP contribution >= 0.6 is 0 Å². The van der Waals surface area contributed by atoms with E-state index in [0.717, 1.165) is 5.54 Å². The molecule has 0 amide bonds. The summed E-state index contributed by atoms with van der Waals surface area (Å²) in [6.07, 6.45) is 6.15. The summed E-state index contributed by atoms with van der Waals surface area (Å²) in [6, 6.07) is 0. The second kappa shape index (κ2) is 3.47. The molecule has 0 saturated carbocycles. The van der Waals surface area contributed by atoms with Gasteiger partial charge in [0.1, 0.15) is 6.10 Å². The van der Waals surface area contributed by atoms with Gasteiger partial charge in [0.2, 0.25) is 0 Å². The molecule has 1 saturated heterocycles. The quantitative estimate of drug-likeness (QED) is 0.490. The number of fused-ring (bicyclic) bond motifs is 1. The summed E-state index contributed by atoms with van der Waals surface area (Å²) < 4.78 is 11.8. The van der Waals surface area contributed by atoms with E-state index in [-0.39, 0.29) is 11.9 Å². The Balaban J connectivity index is 2.16.